The summed E-state index contributed by atoms with van der Waals surface area (Å²) >= 11 is 0. The Morgan fingerprint density at radius 1 is 1.41 bits per heavy atom. The van der Waals surface area contributed by atoms with Crippen LogP contribution in [0.3, 0.4) is 0 Å². The van der Waals surface area contributed by atoms with Crippen molar-refractivity contribution in [3.05, 3.63) is 17.8 Å². The lowest BCUT2D eigenvalue weighted by Crippen LogP contribution is -2.33. The third kappa shape index (κ3) is 2.97. The van der Waals surface area contributed by atoms with E-state index in [0.29, 0.717) is 17.4 Å². The van der Waals surface area contributed by atoms with Gasteiger partial charge in [-0.25, -0.2) is 4.98 Å². The Morgan fingerprint density at radius 2 is 2.14 bits per heavy atom. The van der Waals surface area contributed by atoms with E-state index in [4.69, 9.17) is 5.73 Å². The molecule has 2 aliphatic rings. The molecule has 6 heteroatoms. The van der Waals surface area contributed by atoms with Gasteiger partial charge in [-0.2, -0.15) is 0 Å². The summed E-state index contributed by atoms with van der Waals surface area (Å²) in [5.41, 5.74) is 7.42. The van der Waals surface area contributed by atoms with Gasteiger partial charge in [0, 0.05) is 29.4 Å². The molecule has 1 fully saturated rings. The van der Waals surface area contributed by atoms with Crippen molar-refractivity contribution in [2.24, 2.45) is 17.6 Å². The highest BCUT2D eigenvalue weighted by Gasteiger charge is 2.29. The number of aromatic nitrogens is 1. The smallest absolute Gasteiger partial charge is 0.230 e. The van der Waals surface area contributed by atoms with E-state index < -0.39 is 0 Å². The summed E-state index contributed by atoms with van der Waals surface area (Å²) in [6, 6.07) is 1.95. The molecule has 3 rings (SSSR count). The maximum absolute atomic E-state index is 12.5. The van der Waals surface area contributed by atoms with Gasteiger partial charge >= 0.3 is 0 Å². The van der Waals surface area contributed by atoms with Crippen molar-refractivity contribution >= 4 is 23.3 Å². The first-order valence-electron chi connectivity index (χ1n) is 7.88. The van der Waals surface area contributed by atoms with Gasteiger partial charge in [0.05, 0.1) is 6.42 Å². The molecule has 1 aliphatic heterocycles. The van der Waals surface area contributed by atoms with Crippen LogP contribution in [-0.2, 0) is 16.0 Å². The molecule has 0 aromatic carbocycles. The predicted molar refractivity (Wildman–Crippen MR) is 84.3 cm³/mol. The predicted octanol–water partition coefficient (Wildman–Crippen LogP) is 1.67. The fraction of sp³-hybridized carbons (Fsp3) is 0.562. The highest BCUT2D eigenvalue weighted by atomic mass is 16.2. The summed E-state index contributed by atoms with van der Waals surface area (Å²) in [5.74, 6) is 1.07. The molecule has 0 radical (unpaired) electrons. The number of nitrogens with one attached hydrogen (secondary N) is 2. The van der Waals surface area contributed by atoms with E-state index in [2.05, 4.69) is 15.6 Å². The molecule has 2 heterocycles. The van der Waals surface area contributed by atoms with Gasteiger partial charge in [-0.05, 0) is 44.6 Å². The zero-order valence-corrected chi connectivity index (χ0v) is 12.8. The molecule has 6 nitrogen and oxygen atoms in total. The standard InChI is InChI=1S/C16H22N4O2/c1-9(17)10-2-4-11(5-3-10)16(22)19-13-6-7-18-15-12(13)8-14(21)20-15/h6-7,9-11H,2-5,8,17H2,1H3,(H2,18,19,20,21,22). The van der Waals surface area contributed by atoms with Crippen molar-refractivity contribution in [1.82, 2.24) is 4.98 Å². The molecule has 22 heavy (non-hydrogen) atoms. The van der Waals surface area contributed by atoms with Crippen LogP contribution < -0.4 is 16.4 Å². The van der Waals surface area contributed by atoms with Crippen molar-refractivity contribution in [1.29, 1.82) is 0 Å². The number of hydrogen-bond acceptors (Lipinski definition) is 4. The van der Waals surface area contributed by atoms with Crippen LogP contribution >= 0.6 is 0 Å². The normalized spacial score (nSPS) is 25.3. The molecule has 1 aliphatic carbocycles. The van der Waals surface area contributed by atoms with Crippen LogP contribution in [0.2, 0.25) is 0 Å². The number of fused-ring (bicyclic) bond motifs is 1. The first-order chi connectivity index (χ1) is 10.5. The third-order valence-electron chi connectivity index (χ3n) is 4.80. The number of pyridine rings is 1. The Hall–Kier alpha value is -1.95. The van der Waals surface area contributed by atoms with E-state index in [1.165, 1.54) is 0 Å². The maximum atomic E-state index is 12.5. The zero-order valence-electron chi connectivity index (χ0n) is 12.8. The van der Waals surface area contributed by atoms with Crippen LogP contribution in [0, 0.1) is 11.8 Å². The first kappa shape index (κ1) is 15.0. The summed E-state index contributed by atoms with van der Waals surface area (Å²) in [6.07, 6.45) is 5.64. The van der Waals surface area contributed by atoms with Crippen molar-refractivity contribution in [2.75, 3.05) is 10.6 Å². The maximum Gasteiger partial charge on any atom is 0.230 e. The van der Waals surface area contributed by atoms with Crippen molar-refractivity contribution in [2.45, 2.75) is 45.1 Å². The lowest BCUT2D eigenvalue weighted by atomic mass is 9.79. The van der Waals surface area contributed by atoms with Crippen LogP contribution in [-0.4, -0.2) is 22.8 Å². The van der Waals surface area contributed by atoms with Crippen molar-refractivity contribution < 1.29 is 9.59 Å². The van der Waals surface area contributed by atoms with E-state index in [-0.39, 0.29) is 30.2 Å². The summed E-state index contributed by atoms with van der Waals surface area (Å²) < 4.78 is 0. The second kappa shape index (κ2) is 6.04. The first-order valence-corrected chi connectivity index (χ1v) is 7.88. The number of amides is 2. The molecular formula is C16H22N4O2. The Morgan fingerprint density at radius 3 is 2.82 bits per heavy atom. The Bertz CT molecular complexity index is 592. The fourth-order valence-electron chi connectivity index (χ4n) is 3.37. The van der Waals surface area contributed by atoms with Gasteiger partial charge in [-0.1, -0.05) is 0 Å². The summed E-state index contributed by atoms with van der Waals surface area (Å²) in [4.78, 5) is 28.0. The third-order valence-corrected chi connectivity index (χ3v) is 4.80. The van der Waals surface area contributed by atoms with Gasteiger partial charge < -0.3 is 16.4 Å². The van der Waals surface area contributed by atoms with E-state index in [1.807, 2.05) is 6.92 Å². The molecular weight excluding hydrogens is 280 g/mol. The highest BCUT2D eigenvalue weighted by molar-refractivity contribution is 6.02. The zero-order chi connectivity index (χ0) is 15.7. The van der Waals surface area contributed by atoms with Crippen LogP contribution in [0.4, 0.5) is 11.5 Å². The molecule has 1 atom stereocenters. The SMILES string of the molecule is CC(N)C1CCC(C(=O)Nc2ccnc3c2CC(=O)N3)CC1. The Labute approximate surface area is 129 Å². The Balaban J connectivity index is 1.64. The van der Waals surface area contributed by atoms with Gasteiger partial charge in [0.25, 0.3) is 0 Å². The van der Waals surface area contributed by atoms with Gasteiger partial charge in [0.1, 0.15) is 5.82 Å². The minimum Gasteiger partial charge on any atom is -0.328 e. The summed E-state index contributed by atoms with van der Waals surface area (Å²) in [7, 11) is 0. The average molecular weight is 302 g/mol. The van der Waals surface area contributed by atoms with E-state index in [0.717, 1.165) is 31.2 Å². The number of hydrogen-bond donors (Lipinski definition) is 3. The summed E-state index contributed by atoms with van der Waals surface area (Å²) in [6.45, 7) is 2.04. The molecule has 118 valence electrons. The highest BCUT2D eigenvalue weighted by Crippen LogP contribution is 2.32. The molecule has 1 aromatic heterocycles. The molecule has 4 N–H and O–H groups in total. The fourth-order valence-corrected chi connectivity index (χ4v) is 3.37. The molecule has 2 amide bonds. The summed E-state index contributed by atoms with van der Waals surface area (Å²) in [5, 5.41) is 5.67. The van der Waals surface area contributed by atoms with Crippen LogP contribution in [0.25, 0.3) is 0 Å². The van der Waals surface area contributed by atoms with Crippen molar-refractivity contribution in [3.63, 3.8) is 0 Å². The van der Waals surface area contributed by atoms with Crippen LogP contribution in [0.1, 0.15) is 38.2 Å². The van der Waals surface area contributed by atoms with Gasteiger partial charge in [-0.15, -0.1) is 0 Å². The number of anilines is 2. The number of nitrogens with zero attached hydrogens (tertiary/aromatic N) is 1. The molecule has 0 spiro atoms. The largest absolute Gasteiger partial charge is 0.328 e. The average Bonchev–Trinajstić information content (AvgIpc) is 2.88. The van der Waals surface area contributed by atoms with E-state index in [1.54, 1.807) is 12.3 Å². The second-order valence-electron chi connectivity index (χ2n) is 6.37. The quantitative estimate of drug-likeness (QED) is 0.791. The Kier molecular flexibility index (Phi) is 4.11. The van der Waals surface area contributed by atoms with E-state index in [9.17, 15) is 9.59 Å². The van der Waals surface area contributed by atoms with Crippen LogP contribution in [0.15, 0.2) is 12.3 Å². The van der Waals surface area contributed by atoms with Gasteiger partial charge in [-0.3, -0.25) is 9.59 Å². The van der Waals surface area contributed by atoms with Gasteiger partial charge in [0.15, 0.2) is 0 Å². The molecule has 0 bridgehead atoms. The number of nitrogens with two attached hydrogens (primary N) is 1. The minimum absolute atomic E-state index is 0.0314. The van der Waals surface area contributed by atoms with E-state index >= 15 is 0 Å². The monoisotopic (exact) mass is 302 g/mol. The van der Waals surface area contributed by atoms with Gasteiger partial charge in [0.2, 0.25) is 11.8 Å². The minimum atomic E-state index is -0.0818. The lowest BCUT2D eigenvalue weighted by molar-refractivity contribution is -0.121. The molecule has 1 aromatic rings. The second-order valence-corrected chi connectivity index (χ2v) is 6.37. The lowest BCUT2D eigenvalue weighted by Gasteiger charge is -2.30. The number of carbonyl (C=O) groups excluding carboxylic acids is 2. The number of carbonyl (C=O) groups is 2. The van der Waals surface area contributed by atoms with Crippen LogP contribution in [0.5, 0.6) is 0 Å². The topological polar surface area (TPSA) is 97.1 Å². The molecule has 1 unspecified atom stereocenters. The van der Waals surface area contributed by atoms with Crippen molar-refractivity contribution in [3.8, 4) is 0 Å². The molecule has 1 saturated carbocycles. The molecule has 0 saturated heterocycles. The number of rotatable bonds is 3.